The third-order valence-electron chi connectivity index (χ3n) is 3.84. The predicted molar refractivity (Wildman–Crippen MR) is 74.7 cm³/mol. The Hall–Kier alpha value is -2.35. The van der Waals surface area contributed by atoms with Gasteiger partial charge < -0.3 is 9.88 Å². The minimum atomic E-state index is -0.0113. The summed E-state index contributed by atoms with van der Waals surface area (Å²) in [7, 11) is 0. The van der Waals surface area contributed by atoms with Gasteiger partial charge in [0, 0.05) is 19.5 Å². The second kappa shape index (κ2) is 5.33. The number of benzene rings is 1. The van der Waals surface area contributed by atoms with Crippen LogP contribution in [0.5, 0.6) is 0 Å². The van der Waals surface area contributed by atoms with Crippen LogP contribution >= 0.6 is 0 Å². The standard InChI is InChI=1S/C15H16N4O/c16-8-12-2-4-15(20)19(9-12)6-5-11-1-3-13-14(7-11)18-10-17-13/h1,3,7,10,12H,2,4-6,9H2,(H,17,18). The van der Waals surface area contributed by atoms with Crippen LogP contribution in [0.15, 0.2) is 24.5 Å². The van der Waals surface area contributed by atoms with Crippen molar-refractivity contribution in [3.63, 3.8) is 0 Å². The smallest absolute Gasteiger partial charge is 0.222 e. The molecule has 2 heterocycles. The number of aromatic nitrogens is 2. The fraction of sp³-hybridized carbons (Fsp3) is 0.400. The molecule has 0 radical (unpaired) electrons. The maximum Gasteiger partial charge on any atom is 0.222 e. The van der Waals surface area contributed by atoms with Gasteiger partial charge in [-0.05, 0) is 30.5 Å². The van der Waals surface area contributed by atoms with Crippen LogP contribution in [0.3, 0.4) is 0 Å². The first kappa shape index (κ1) is 12.7. The number of aromatic amines is 1. The Morgan fingerprint density at radius 1 is 1.50 bits per heavy atom. The van der Waals surface area contributed by atoms with Crippen molar-refractivity contribution in [2.24, 2.45) is 5.92 Å². The molecule has 1 aromatic carbocycles. The lowest BCUT2D eigenvalue weighted by molar-refractivity contribution is -0.134. The van der Waals surface area contributed by atoms with Gasteiger partial charge in [-0.3, -0.25) is 4.79 Å². The van der Waals surface area contributed by atoms with Gasteiger partial charge >= 0.3 is 0 Å². The summed E-state index contributed by atoms with van der Waals surface area (Å²) < 4.78 is 0. The quantitative estimate of drug-likeness (QED) is 0.923. The summed E-state index contributed by atoms with van der Waals surface area (Å²) in [5.41, 5.74) is 3.14. The summed E-state index contributed by atoms with van der Waals surface area (Å²) in [5, 5.41) is 8.98. The summed E-state index contributed by atoms with van der Waals surface area (Å²) in [6.07, 6.45) is 3.68. The number of nitrogens with one attached hydrogen (secondary N) is 1. The van der Waals surface area contributed by atoms with Gasteiger partial charge in [0.2, 0.25) is 5.91 Å². The lowest BCUT2D eigenvalue weighted by Crippen LogP contribution is -2.40. The molecule has 2 aromatic rings. The van der Waals surface area contributed by atoms with Crippen molar-refractivity contribution in [2.75, 3.05) is 13.1 Å². The molecule has 1 fully saturated rings. The van der Waals surface area contributed by atoms with Crippen molar-refractivity contribution in [1.29, 1.82) is 5.26 Å². The summed E-state index contributed by atoms with van der Waals surface area (Å²) in [6, 6.07) is 8.36. The number of nitrogens with zero attached hydrogens (tertiary/aromatic N) is 3. The minimum absolute atomic E-state index is 0.0113. The molecule has 20 heavy (non-hydrogen) atoms. The number of H-pyrrole nitrogens is 1. The molecule has 5 nitrogen and oxygen atoms in total. The maximum absolute atomic E-state index is 11.8. The third kappa shape index (κ3) is 2.50. The number of nitriles is 1. The number of imidazole rings is 1. The van der Waals surface area contributed by atoms with Crippen molar-refractivity contribution in [1.82, 2.24) is 14.9 Å². The molecule has 1 atom stereocenters. The summed E-state index contributed by atoms with van der Waals surface area (Å²) in [5.74, 6) is 0.155. The number of carbonyl (C=O) groups is 1. The van der Waals surface area contributed by atoms with E-state index >= 15 is 0 Å². The minimum Gasteiger partial charge on any atom is -0.345 e. The van der Waals surface area contributed by atoms with Crippen molar-refractivity contribution >= 4 is 16.9 Å². The van der Waals surface area contributed by atoms with E-state index in [1.807, 2.05) is 17.0 Å². The first-order chi connectivity index (χ1) is 9.76. The van der Waals surface area contributed by atoms with E-state index < -0.39 is 0 Å². The molecule has 0 bridgehead atoms. The Morgan fingerprint density at radius 2 is 2.40 bits per heavy atom. The fourth-order valence-corrected chi connectivity index (χ4v) is 2.64. The summed E-state index contributed by atoms with van der Waals surface area (Å²) in [4.78, 5) is 20.9. The molecule has 1 aromatic heterocycles. The Kier molecular flexibility index (Phi) is 3.38. The predicted octanol–water partition coefficient (Wildman–Crippen LogP) is 1.87. The third-order valence-corrected chi connectivity index (χ3v) is 3.84. The highest BCUT2D eigenvalue weighted by Crippen LogP contribution is 2.18. The van der Waals surface area contributed by atoms with Crippen LogP contribution in [0, 0.1) is 17.2 Å². The first-order valence-corrected chi connectivity index (χ1v) is 6.85. The van der Waals surface area contributed by atoms with E-state index in [0.717, 1.165) is 17.5 Å². The maximum atomic E-state index is 11.8. The van der Waals surface area contributed by atoms with Crippen molar-refractivity contribution in [3.05, 3.63) is 30.1 Å². The van der Waals surface area contributed by atoms with Crippen molar-refractivity contribution in [2.45, 2.75) is 19.3 Å². The number of carbonyl (C=O) groups excluding carboxylic acids is 1. The van der Waals surface area contributed by atoms with E-state index in [4.69, 9.17) is 5.26 Å². The van der Waals surface area contributed by atoms with E-state index in [2.05, 4.69) is 22.1 Å². The Balaban J connectivity index is 1.66. The molecule has 5 heteroatoms. The van der Waals surface area contributed by atoms with E-state index in [9.17, 15) is 4.79 Å². The molecule has 1 aliphatic rings. The van der Waals surface area contributed by atoms with Crippen molar-refractivity contribution < 1.29 is 4.79 Å². The highest BCUT2D eigenvalue weighted by atomic mass is 16.2. The SMILES string of the molecule is N#CC1CCC(=O)N(CCc2ccc3nc[nH]c3c2)C1. The molecule has 0 saturated carbocycles. The van der Waals surface area contributed by atoms with Gasteiger partial charge in [-0.2, -0.15) is 5.26 Å². The number of piperidine rings is 1. The highest BCUT2D eigenvalue weighted by molar-refractivity contribution is 5.77. The molecular weight excluding hydrogens is 252 g/mol. The Bertz CT molecular complexity index is 670. The second-order valence-corrected chi connectivity index (χ2v) is 5.21. The van der Waals surface area contributed by atoms with Gasteiger partial charge in [-0.25, -0.2) is 4.98 Å². The lowest BCUT2D eigenvalue weighted by Gasteiger charge is -2.29. The van der Waals surface area contributed by atoms with Crippen LogP contribution in [-0.4, -0.2) is 33.9 Å². The summed E-state index contributed by atoms with van der Waals surface area (Å²) >= 11 is 0. The normalized spacial score (nSPS) is 19.2. The zero-order chi connectivity index (χ0) is 13.9. The topological polar surface area (TPSA) is 72.8 Å². The van der Waals surface area contributed by atoms with Gasteiger partial charge in [0.25, 0.3) is 0 Å². The molecule has 1 saturated heterocycles. The number of fused-ring (bicyclic) bond motifs is 1. The Morgan fingerprint density at radius 3 is 3.25 bits per heavy atom. The number of amides is 1. The number of rotatable bonds is 3. The van der Waals surface area contributed by atoms with Crippen LogP contribution in [0.2, 0.25) is 0 Å². The molecular formula is C15H16N4O. The average molecular weight is 268 g/mol. The molecule has 1 aliphatic heterocycles. The molecule has 102 valence electrons. The lowest BCUT2D eigenvalue weighted by atomic mass is 9.98. The zero-order valence-corrected chi connectivity index (χ0v) is 11.2. The molecule has 1 unspecified atom stereocenters. The number of likely N-dealkylation sites (tertiary alicyclic amines) is 1. The van der Waals surface area contributed by atoms with E-state index in [-0.39, 0.29) is 11.8 Å². The van der Waals surface area contributed by atoms with Crippen LogP contribution in [0.1, 0.15) is 18.4 Å². The Labute approximate surface area is 117 Å². The van der Waals surface area contributed by atoms with Crippen LogP contribution in [0.25, 0.3) is 11.0 Å². The fourth-order valence-electron chi connectivity index (χ4n) is 2.64. The largest absolute Gasteiger partial charge is 0.345 e. The number of hydrogen-bond donors (Lipinski definition) is 1. The molecule has 1 amide bonds. The van der Waals surface area contributed by atoms with E-state index in [1.165, 1.54) is 5.56 Å². The molecule has 3 rings (SSSR count). The van der Waals surface area contributed by atoms with E-state index in [0.29, 0.717) is 25.9 Å². The van der Waals surface area contributed by atoms with Gasteiger partial charge in [0.05, 0.1) is 29.3 Å². The average Bonchev–Trinajstić information content (AvgIpc) is 2.94. The van der Waals surface area contributed by atoms with Crippen LogP contribution in [-0.2, 0) is 11.2 Å². The van der Waals surface area contributed by atoms with E-state index in [1.54, 1.807) is 6.33 Å². The molecule has 0 aliphatic carbocycles. The number of hydrogen-bond acceptors (Lipinski definition) is 3. The second-order valence-electron chi connectivity index (χ2n) is 5.21. The molecule has 1 N–H and O–H groups in total. The van der Waals surface area contributed by atoms with Gasteiger partial charge in [0.1, 0.15) is 0 Å². The van der Waals surface area contributed by atoms with Crippen molar-refractivity contribution in [3.8, 4) is 6.07 Å². The van der Waals surface area contributed by atoms with Gasteiger partial charge in [-0.15, -0.1) is 0 Å². The van der Waals surface area contributed by atoms with Crippen LogP contribution in [0.4, 0.5) is 0 Å². The van der Waals surface area contributed by atoms with Crippen LogP contribution < -0.4 is 0 Å². The summed E-state index contributed by atoms with van der Waals surface area (Å²) in [6.45, 7) is 1.25. The van der Waals surface area contributed by atoms with Gasteiger partial charge in [0.15, 0.2) is 0 Å². The monoisotopic (exact) mass is 268 g/mol. The first-order valence-electron chi connectivity index (χ1n) is 6.85. The zero-order valence-electron chi connectivity index (χ0n) is 11.2. The highest BCUT2D eigenvalue weighted by Gasteiger charge is 2.24. The molecule has 0 spiro atoms. The van der Waals surface area contributed by atoms with Gasteiger partial charge in [-0.1, -0.05) is 6.07 Å².